The zero-order valence-corrected chi connectivity index (χ0v) is 15.4. The standard InChI is InChI=1S/C22H23BrO/c23-19-7-5-16(6-8-19)20-3-1-2-4-21(20)22(24)17-10-14-9-15(12-17)13-18(22)11-14/h1-8,14-15,17-18,24H,9-13H2. The molecule has 0 aliphatic heterocycles. The molecule has 4 saturated carbocycles. The molecule has 4 bridgehead atoms. The van der Waals surface area contributed by atoms with Crippen molar-refractivity contribution in [3.63, 3.8) is 0 Å². The Balaban J connectivity index is 1.63. The molecule has 0 heterocycles. The predicted molar refractivity (Wildman–Crippen MR) is 101 cm³/mol. The van der Waals surface area contributed by atoms with Crippen LogP contribution in [0.15, 0.2) is 53.0 Å². The van der Waals surface area contributed by atoms with Crippen molar-refractivity contribution in [2.45, 2.75) is 37.7 Å². The van der Waals surface area contributed by atoms with Gasteiger partial charge in [-0.3, -0.25) is 0 Å². The molecule has 2 aromatic rings. The van der Waals surface area contributed by atoms with Crippen LogP contribution in [0.5, 0.6) is 0 Å². The molecule has 0 aromatic heterocycles. The maximum Gasteiger partial charge on any atom is 0.0958 e. The summed E-state index contributed by atoms with van der Waals surface area (Å²) in [5.41, 5.74) is 2.95. The predicted octanol–water partition coefficient (Wildman–Crippen LogP) is 5.76. The highest BCUT2D eigenvalue weighted by Crippen LogP contribution is 2.62. The van der Waals surface area contributed by atoms with Crippen LogP contribution in [0.25, 0.3) is 11.1 Å². The second-order valence-electron chi connectivity index (χ2n) is 8.18. The zero-order chi connectivity index (χ0) is 16.3. The van der Waals surface area contributed by atoms with Crippen LogP contribution in [0, 0.1) is 23.7 Å². The van der Waals surface area contributed by atoms with Gasteiger partial charge in [0.2, 0.25) is 0 Å². The van der Waals surface area contributed by atoms with E-state index >= 15 is 0 Å². The fourth-order valence-corrected chi connectivity index (χ4v) is 6.32. The number of benzene rings is 2. The van der Waals surface area contributed by atoms with Crippen molar-refractivity contribution in [2.75, 3.05) is 0 Å². The van der Waals surface area contributed by atoms with Gasteiger partial charge in [0, 0.05) is 4.47 Å². The highest BCUT2D eigenvalue weighted by atomic mass is 79.9. The van der Waals surface area contributed by atoms with E-state index in [-0.39, 0.29) is 0 Å². The van der Waals surface area contributed by atoms with Crippen LogP contribution < -0.4 is 0 Å². The number of hydrogen-bond donors (Lipinski definition) is 1. The van der Waals surface area contributed by atoms with E-state index in [1.165, 1.54) is 48.8 Å². The summed E-state index contributed by atoms with van der Waals surface area (Å²) < 4.78 is 1.09. The SMILES string of the molecule is OC1(c2ccccc2-c2ccc(Br)cc2)C2CC3CC(C2)CC1C3. The van der Waals surface area contributed by atoms with Gasteiger partial charge in [0.25, 0.3) is 0 Å². The van der Waals surface area contributed by atoms with Gasteiger partial charge in [-0.15, -0.1) is 0 Å². The Labute approximate surface area is 152 Å². The molecule has 0 saturated heterocycles. The minimum Gasteiger partial charge on any atom is -0.385 e. The van der Waals surface area contributed by atoms with Gasteiger partial charge in [0.1, 0.15) is 0 Å². The third kappa shape index (κ3) is 2.16. The van der Waals surface area contributed by atoms with Crippen molar-refractivity contribution in [2.24, 2.45) is 23.7 Å². The molecule has 24 heavy (non-hydrogen) atoms. The van der Waals surface area contributed by atoms with E-state index in [4.69, 9.17) is 0 Å². The van der Waals surface area contributed by atoms with E-state index in [0.29, 0.717) is 11.8 Å². The topological polar surface area (TPSA) is 20.2 Å². The molecule has 2 aromatic carbocycles. The van der Waals surface area contributed by atoms with Gasteiger partial charge >= 0.3 is 0 Å². The molecule has 4 fully saturated rings. The molecule has 0 spiro atoms. The molecule has 1 nitrogen and oxygen atoms in total. The molecule has 2 heteroatoms. The van der Waals surface area contributed by atoms with Crippen molar-refractivity contribution >= 4 is 15.9 Å². The first-order valence-electron chi connectivity index (χ1n) is 9.22. The lowest BCUT2D eigenvalue weighted by molar-refractivity contribution is -0.179. The van der Waals surface area contributed by atoms with Gasteiger partial charge in [0.05, 0.1) is 5.60 Å². The van der Waals surface area contributed by atoms with Crippen molar-refractivity contribution in [1.29, 1.82) is 0 Å². The summed E-state index contributed by atoms with van der Waals surface area (Å²) in [6.07, 6.45) is 6.30. The van der Waals surface area contributed by atoms with Crippen molar-refractivity contribution in [1.82, 2.24) is 0 Å². The zero-order valence-electron chi connectivity index (χ0n) is 13.8. The van der Waals surface area contributed by atoms with E-state index in [9.17, 15) is 5.11 Å². The van der Waals surface area contributed by atoms with Crippen LogP contribution in [-0.4, -0.2) is 5.11 Å². The van der Waals surface area contributed by atoms with Crippen LogP contribution in [0.1, 0.15) is 37.7 Å². The molecule has 124 valence electrons. The highest BCUT2D eigenvalue weighted by molar-refractivity contribution is 9.10. The molecule has 4 aliphatic rings. The quantitative estimate of drug-likeness (QED) is 0.699. The number of aliphatic hydroxyl groups is 1. The van der Waals surface area contributed by atoms with E-state index in [1.54, 1.807) is 0 Å². The van der Waals surface area contributed by atoms with E-state index < -0.39 is 5.60 Å². The maximum absolute atomic E-state index is 11.9. The van der Waals surface area contributed by atoms with Crippen LogP contribution in [0.4, 0.5) is 0 Å². The van der Waals surface area contributed by atoms with E-state index in [2.05, 4.69) is 64.5 Å². The Morgan fingerprint density at radius 1 is 0.792 bits per heavy atom. The van der Waals surface area contributed by atoms with Gasteiger partial charge in [-0.25, -0.2) is 0 Å². The molecular weight excluding hydrogens is 360 g/mol. The summed E-state index contributed by atoms with van der Waals surface area (Å²) in [6, 6.07) is 17.0. The number of rotatable bonds is 2. The van der Waals surface area contributed by atoms with Gasteiger partial charge in [0.15, 0.2) is 0 Å². The molecule has 0 amide bonds. The molecule has 0 atom stereocenters. The lowest BCUT2D eigenvalue weighted by Crippen LogP contribution is -2.55. The Morgan fingerprint density at radius 3 is 2.00 bits per heavy atom. The first-order chi connectivity index (χ1) is 11.6. The molecular formula is C22H23BrO. The average Bonchev–Trinajstić information content (AvgIpc) is 2.59. The summed E-state index contributed by atoms with van der Waals surface area (Å²) in [7, 11) is 0. The summed E-state index contributed by atoms with van der Waals surface area (Å²) in [6.45, 7) is 0. The Hall–Kier alpha value is -1.12. The molecule has 6 rings (SSSR count). The second-order valence-corrected chi connectivity index (χ2v) is 9.10. The monoisotopic (exact) mass is 382 g/mol. The minimum atomic E-state index is -0.628. The fourth-order valence-electron chi connectivity index (χ4n) is 6.06. The Kier molecular flexibility index (Phi) is 3.44. The van der Waals surface area contributed by atoms with Crippen LogP contribution in [0.2, 0.25) is 0 Å². The van der Waals surface area contributed by atoms with Gasteiger partial charge in [-0.1, -0.05) is 52.3 Å². The molecule has 0 unspecified atom stereocenters. The smallest absolute Gasteiger partial charge is 0.0958 e. The van der Waals surface area contributed by atoms with Crippen molar-refractivity contribution in [3.05, 3.63) is 58.6 Å². The van der Waals surface area contributed by atoms with Crippen LogP contribution in [-0.2, 0) is 5.60 Å². The van der Waals surface area contributed by atoms with Gasteiger partial charge < -0.3 is 5.11 Å². The Morgan fingerprint density at radius 2 is 1.38 bits per heavy atom. The third-order valence-electron chi connectivity index (χ3n) is 6.90. The summed E-state index contributed by atoms with van der Waals surface area (Å²) in [5, 5.41) is 11.9. The van der Waals surface area contributed by atoms with Crippen molar-refractivity contribution < 1.29 is 5.11 Å². The number of hydrogen-bond acceptors (Lipinski definition) is 1. The lowest BCUT2D eigenvalue weighted by Gasteiger charge is -2.59. The normalized spacial score (nSPS) is 36.9. The molecule has 4 aliphatic carbocycles. The van der Waals surface area contributed by atoms with Crippen molar-refractivity contribution in [3.8, 4) is 11.1 Å². The Bertz CT molecular complexity index is 736. The van der Waals surface area contributed by atoms with Crippen LogP contribution >= 0.6 is 15.9 Å². The van der Waals surface area contributed by atoms with E-state index in [0.717, 1.165) is 16.3 Å². The third-order valence-corrected chi connectivity index (χ3v) is 7.43. The lowest BCUT2D eigenvalue weighted by atomic mass is 9.48. The highest BCUT2D eigenvalue weighted by Gasteiger charge is 2.57. The largest absolute Gasteiger partial charge is 0.385 e. The molecule has 0 radical (unpaired) electrons. The van der Waals surface area contributed by atoms with E-state index in [1.807, 2.05) is 0 Å². The minimum absolute atomic E-state index is 0.449. The first-order valence-corrected chi connectivity index (χ1v) is 10.0. The van der Waals surface area contributed by atoms with Gasteiger partial charge in [-0.05, 0) is 84.6 Å². The summed E-state index contributed by atoms with van der Waals surface area (Å²) >= 11 is 3.53. The average molecular weight is 383 g/mol. The maximum atomic E-state index is 11.9. The first kappa shape index (κ1) is 15.2. The molecule has 1 N–H and O–H groups in total. The summed E-state index contributed by atoms with van der Waals surface area (Å²) in [5.74, 6) is 2.64. The fraction of sp³-hybridized carbons (Fsp3) is 0.455. The number of halogens is 1. The summed E-state index contributed by atoms with van der Waals surface area (Å²) in [4.78, 5) is 0. The second kappa shape index (κ2) is 5.44. The van der Waals surface area contributed by atoms with Crippen LogP contribution in [0.3, 0.4) is 0 Å². The van der Waals surface area contributed by atoms with Gasteiger partial charge in [-0.2, -0.15) is 0 Å².